The van der Waals surface area contributed by atoms with Crippen molar-refractivity contribution in [3.63, 3.8) is 0 Å². The Morgan fingerprint density at radius 3 is 2.62 bits per heavy atom. The van der Waals surface area contributed by atoms with Gasteiger partial charge in [0.25, 0.3) is 0 Å². The van der Waals surface area contributed by atoms with E-state index in [1.54, 1.807) is 0 Å². The fourth-order valence-electron chi connectivity index (χ4n) is 1.91. The van der Waals surface area contributed by atoms with Gasteiger partial charge in [-0.25, -0.2) is 0 Å². The van der Waals surface area contributed by atoms with Gasteiger partial charge in [-0.2, -0.15) is 0 Å². The molecule has 1 aliphatic heterocycles. The molecule has 0 radical (unpaired) electrons. The van der Waals surface area contributed by atoms with E-state index in [9.17, 15) is 9.90 Å². The number of hydrogen-bond acceptors (Lipinski definition) is 3. The SMILES string of the molecule is CCCCNC(=O)C(C)N1CC(O)(CC)C1. The molecular formula is C12H24N2O2. The molecule has 1 unspecified atom stereocenters. The number of aliphatic hydroxyl groups is 1. The van der Waals surface area contributed by atoms with Crippen molar-refractivity contribution in [3.8, 4) is 0 Å². The van der Waals surface area contributed by atoms with Crippen molar-refractivity contribution in [2.45, 2.75) is 51.7 Å². The maximum Gasteiger partial charge on any atom is 0.237 e. The van der Waals surface area contributed by atoms with Gasteiger partial charge in [-0.15, -0.1) is 0 Å². The molecule has 16 heavy (non-hydrogen) atoms. The Hall–Kier alpha value is -0.610. The number of carbonyl (C=O) groups is 1. The van der Waals surface area contributed by atoms with Gasteiger partial charge in [0.2, 0.25) is 5.91 Å². The Morgan fingerprint density at radius 1 is 1.50 bits per heavy atom. The van der Waals surface area contributed by atoms with Gasteiger partial charge < -0.3 is 10.4 Å². The van der Waals surface area contributed by atoms with Crippen LogP contribution in [0.1, 0.15) is 40.0 Å². The molecule has 0 aromatic heterocycles. The lowest BCUT2D eigenvalue weighted by atomic mass is 9.90. The predicted octanol–water partition coefficient (Wildman–Crippen LogP) is 0.748. The Kier molecular flexibility index (Phi) is 4.74. The van der Waals surface area contributed by atoms with Crippen molar-refractivity contribution >= 4 is 5.91 Å². The van der Waals surface area contributed by atoms with Crippen LogP contribution in [-0.4, -0.2) is 47.2 Å². The van der Waals surface area contributed by atoms with E-state index in [4.69, 9.17) is 0 Å². The minimum absolute atomic E-state index is 0.0756. The fraction of sp³-hybridized carbons (Fsp3) is 0.917. The summed E-state index contributed by atoms with van der Waals surface area (Å²) >= 11 is 0. The summed E-state index contributed by atoms with van der Waals surface area (Å²) in [5, 5.41) is 12.8. The van der Waals surface area contributed by atoms with Crippen LogP contribution in [0.5, 0.6) is 0 Å². The second kappa shape index (κ2) is 5.64. The van der Waals surface area contributed by atoms with Gasteiger partial charge >= 0.3 is 0 Å². The summed E-state index contributed by atoms with van der Waals surface area (Å²) in [4.78, 5) is 13.7. The van der Waals surface area contributed by atoms with Crippen molar-refractivity contribution in [3.05, 3.63) is 0 Å². The summed E-state index contributed by atoms with van der Waals surface area (Å²) in [5.74, 6) is 0.0756. The second-order valence-corrected chi connectivity index (χ2v) is 4.80. The lowest BCUT2D eigenvalue weighted by Crippen LogP contribution is -2.66. The molecule has 1 atom stereocenters. The Balaban J connectivity index is 2.25. The van der Waals surface area contributed by atoms with E-state index in [1.807, 2.05) is 18.7 Å². The number of amides is 1. The Bertz CT molecular complexity index is 237. The monoisotopic (exact) mass is 228 g/mol. The Labute approximate surface area is 98.0 Å². The van der Waals surface area contributed by atoms with E-state index in [1.165, 1.54) is 0 Å². The molecule has 94 valence electrons. The second-order valence-electron chi connectivity index (χ2n) is 4.80. The zero-order valence-corrected chi connectivity index (χ0v) is 10.6. The van der Waals surface area contributed by atoms with E-state index >= 15 is 0 Å². The van der Waals surface area contributed by atoms with Crippen LogP contribution in [0.2, 0.25) is 0 Å². The first-order valence-electron chi connectivity index (χ1n) is 6.26. The third-order valence-electron chi connectivity index (χ3n) is 3.41. The molecule has 1 aliphatic rings. The Morgan fingerprint density at radius 2 is 2.12 bits per heavy atom. The lowest BCUT2D eigenvalue weighted by Gasteiger charge is -2.48. The van der Waals surface area contributed by atoms with Crippen LogP contribution in [0.3, 0.4) is 0 Å². The van der Waals surface area contributed by atoms with Gasteiger partial charge in [0, 0.05) is 19.6 Å². The summed E-state index contributed by atoms with van der Waals surface area (Å²) in [6, 6.07) is -0.122. The number of carbonyl (C=O) groups excluding carboxylic acids is 1. The van der Waals surface area contributed by atoms with Crippen LogP contribution in [0.25, 0.3) is 0 Å². The summed E-state index contributed by atoms with van der Waals surface area (Å²) in [6.07, 6.45) is 2.87. The highest BCUT2D eigenvalue weighted by Crippen LogP contribution is 2.25. The number of unbranched alkanes of at least 4 members (excludes halogenated alkanes) is 1. The van der Waals surface area contributed by atoms with Gasteiger partial charge in [-0.05, 0) is 19.8 Å². The molecule has 0 bridgehead atoms. The molecular weight excluding hydrogens is 204 g/mol. The van der Waals surface area contributed by atoms with Gasteiger partial charge in [0.15, 0.2) is 0 Å². The van der Waals surface area contributed by atoms with Crippen LogP contribution >= 0.6 is 0 Å². The lowest BCUT2D eigenvalue weighted by molar-refractivity contribution is -0.142. The summed E-state index contributed by atoms with van der Waals surface area (Å²) < 4.78 is 0. The number of rotatable bonds is 6. The van der Waals surface area contributed by atoms with Crippen molar-refractivity contribution in [1.29, 1.82) is 0 Å². The van der Waals surface area contributed by atoms with Crippen LogP contribution in [0, 0.1) is 0 Å². The summed E-state index contributed by atoms with van der Waals surface area (Å²) in [7, 11) is 0. The van der Waals surface area contributed by atoms with Crippen molar-refractivity contribution in [1.82, 2.24) is 10.2 Å². The predicted molar refractivity (Wildman–Crippen MR) is 64.2 cm³/mol. The largest absolute Gasteiger partial charge is 0.387 e. The molecule has 2 N–H and O–H groups in total. The summed E-state index contributed by atoms with van der Waals surface area (Å²) in [5.41, 5.74) is -0.558. The first kappa shape index (κ1) is 13.5. The average molecular weight is 228 g/mol. The van der Waals surface area contributed by atoms with Crippen molar-refractivity contribution in [2.24, 2.45) is 0 Å². The van der Waals surface area contributed by atoms with Crippen molar-refractivity contribution < 1.29 is 9.90 Å². The average Bonchev–Trinajstić information content (AvgIpc) is 2.24. The number of β-amino-alcohol motifs (C(OH)–C–C–N with tert-alkyl or cyclic N) is 1. The molecule has 4 heteroatoms. The summed E-state index contributed by atoms with van der Waals surface area (Å²) in [6.45, 7) is 7.97. The van der Waals surface area contributed by atoms with E-state index in [2.05, 4.69) is 12.2 Å². The minimum atomic E-state index is -0.558. The molecule has 0 saturated carbocycles. The molecule has 0 spiro atoms. The normalized spacial score (nSPS) is 21.2. The van der Waals surface area contributed by atoms with Crippen LogP contribution in [0.4, 0.5) is 0 Å². The van der Waals surface area contributed by atoms with E-state index in [0.717, 1.165) is 25.8 Å². The smallest absolute Gasteiger partial charge is 0.237 e. The van der Waals surface area contributed by atoms with Gasteiger partial charge in [0.05, 0.1) is 11.6 Å². The topological polar surface area (TPSA) is 52.6 Å². The molecule has 0 aliphatic carbocycles. The molecule has 0 aromatic rings. The molecule has 1 saturated heterocycles. The van der Waals surface area contributed by atoms with E-state index < -0.39 is 5.60 Å². The number of nitrogens with zero attached hydrogens (tertiary/aromatic N) is 1. The number of hydrogen-bond donors (Lipinski definition) is 2. The van der Waals surface area contributed by atoms with Crippen molar-refractivity contribution in [2.75, 3.05) is 19.6 Å². The maximum atomic E-state index is 11.7. The molecule has 4 nitrogen and oxygen atoms in total. The van der Waals surface area contributed by atoms with Gasteiger partial charge in [-0.1, -0.05) is 20.3 Å². The van der Waals surface area contributed by atoms with Gasteiger partial charge in [0.1, 0.15) is 0 Å². The van der Waals surface area contributed by atoms with E-state index in [-0.39, 0.29) is 11.9 Å². The minimum Gasteiger partial charge on any atom is -0.387 e. The third-order valence-corrected chi connectivity index (χ3v) is 3.41. The first-order valence-corrected chi connectivity index (χ1v) is 6.26. The zero-order chi connectivity index (χ0) is 12.2. The van der Waals surface area contributed by atoms with Gasteiger partial charge in [-0.3, -0.25) is 9.69 Å². The fourth-order valence-corrected chi connectivity index (χ4v) is 1.91. The quantitative estimate of drug-likeness (QED) is 0.660. The third kappa shape index (κ3) is 3.19. The number of likely N-dealkylation sites (tertiary alicyclic amines) is 1. The van der Waals surface area contributed by atoms with Crippen LogP contribution in [0.15, 0.2) is 0 Å². The molecule has 0 aromatic carbocycles. The van der Waals surface area contributed by atoms with Crippen LogP contribution in [-0.2, 0) is 4.79 Å². The highest BCUT2D eigenvalue weighted by atomic mass is 16.3. The number of nitrogens with one attached hydrogen (secondary N) is 1. The molecule has 1 heterocycles. The zero-order valence-electron chi connectivity index (χ0n) is 10.6. The molecule has 1 amide bonds. The van der Waals surface area contributed by atoms with E-state index in [0.29, 0.717) is 13.1 Å². The maximum absolute atomic E-state index is 11.7. The van der Waals surface area contributed by atoms with Crippen LogP contribution < -0.4 is 5.32 Å². The highest BCUT2D eigenvalue weighted by Gasteiger charge is 2.42. The highest BCUT2D eigenvalue weighted by molar-refractivity contribution is 5.81. The molecule has 1 fully saturated rings. The standard InChI is InChI=1S/C12H24N2O2/c1-4-6-7-13-11(15)10(3)14-8-12(16,5-2)9-14/h10,16H,4-9H2,1-3H3,(H,13,15). The first-order chi connectivity index (χ1) is 7.52. The molecule has 1 rings (SSSR count).